The number of hydrogen-bond acceptors (Lipinski definition) is 6. The average Bonchev–Trinajstić information content (AvgIpc) is 2.51. The van der Waals surface area contributed by atoms with E-state index in [1.54, 1.807) is 0 Å². The minimum absolute atomic E-state index is 0.0162. The van der Waals surface area contributed by atoms with Crippen LogP contribution in [0.3, 0.4) is 0 Å². The van der Waals surface area contributed by atoms with Crippen LogP contribution in [0.1, 0.15) is 52.6 Å². The molecular formula is C16H8Cl2N2O4. The predicted molar refractivity (Wildman–Crippen MR) is 88.9 cm³/mol. The summed E-state index contributed by atoms with van der Waals surface area (Å²) in [6.45, 7) is 0. The van der Waals surface area contributed by atoms with Crippen LogP contribution in [0.25, 0.3) is 0 Å². The Bertz CT molecular complexity index is 903. The van der Waals surface area contributed by atoms with E-state index in [0.29, 0.717) is 0 Å². The zero-order valence-electron chi connectivity index (χ0n) is 11.9. The fourth-order valence-electron chi connectivity index (χ4n) is 2.72. The highest BCUT2D eigenvalue weighted by Crippen LogP contribution is 2.36. The second kappa shape index (κ2) is 5.43. The Hall–Kier alpha value is -2.70. The van der Waals surface area contributed by atoms with Crippen molar-refractivity contribution >= 4 is 56.6 Å². The third kappa shape index (κ3) is 2.11. The van der Waals surface area contributed by atoms with Crippen molar-refractivity contribution in [3.8, 4) is 0 Å². The molecule has 0 atom stereocenters. The van der Waals surface area contributed by atoms with Crippen molar-refractivity contribution in [2.75, 3.05) is 11.5 Å². The van der Waals surface area contributed by atoms with Crippen LogP contribution in [0.15, 0.2) is 24.3 Å². The second-order valence-electron chi connectivity index (χ2n) is 5.10. The largest absolute Gasteiger partial charge is 0.397 e. The van der Waals surface area contributed by atoms with E-state index in [1.807, 2.05) is 0 Å². The van der Waals surface area contributed by atoms with Gasteiger partial charge in [-0.3, -0.25) is 19.2 Å². The molecule has 0 aromatic heterocycles. The number of carbonyl (C=O) groups excluding carboxylic acids is 4. The fourth-order valence-corrected chi connectivity index (χ4v) is 3.05. The van der Waals surface area contributed by atoms with Gasteiger partial charge in [-0.05, 0) is 47.5 Å². The summed E-state index contributed by atoms with van der Waals surface area (Å²) in [5, 5.41) is -1.69. The maximum atomic E-state index is 12.7. The molecule has 0 heterocycles. The van der Waals surface area contributed by atoms with Crippen molar-refractivity contribution in [2.45, 2.75) is 0 Å². The van der Waals surface area contributed by atoms with Crippen molar-refractivity contribution in [3.63, 3.8) is 0 Å². The van der Waals surface area contributed by atoms with Crippen LogP contribution in [-0.2, 0) is 0 Å². The number of nitrogens with two attached hydrogens (primary N) is 2. The molecule has 1 aliphatic rings. The molecule has 120 valence electrons. The molecule has 0 unspecified atom stereocenters. The second-order valence-corrected chi connectivity index (χ2v) is 5.79. The molecule has 0 saturated heterocycles. The molecule has 0 bridgehead atoms. The maximum Gasteiger partial charge on any atom is 0.254 e. The van der Waals surface area contributed by atoms with Gasteiger partial charge in [0.2, 0.25) is 0 Å². The van der Waals surface area contributed by atoms with Gasteiger partial charge in [0.15, 0.2) is 11.6 Å². The zero-order valence-corrected chi connectivity index (χ0v) is 13.4. The smallest absolute Gasteiger partial charge is 0.254 e. The standard InChI is InChI=1S/C16H8Cl2N2O4/c17-15(23)7-3-1-5-9(11(7)19)14(22)6-2-4-8(16(18)24)12(20)10(6)13(5)21/h1-4H,19-20H2. The van der Waals surface area contributed by atoms with Crippen LogP contribution in [0, 0.1) is 0 Å². The highest BCUT2D eigenvalue weighted by atomic mass is 35.5. The summed E-state index contributed by atoms with van der Waals surface area (Å²) in [6.07, 6.45) is 0. The van der Waals surface area contributed by atoms with E-state index in [-0.39, 0.29) is 44.8 Å². The van der Waals surface area contributed by atoms with Crippen LogP contribution in [0.2, 0.25) is 0 Å². The van der Waals surface area contributed by atoms with Crippen LogP contribution >= 0.6 is 23.2 Å². The minimum atomic E-state index is -0.844. The molecule has 2 aromatic rings. The molecule has 8 heteroatoms. The highest BCUT2D eigenvalue weighted by molar-refractivity contribution is 6.69. The molecule has 1 aliphatic carbocycles. The third-order valence-corrected chi connectivity index (χ3v) is 4.27. The Morgan fingerprint density at radius 3 is 1.33 bits per heavy atom. The van der Waals surface area contributed by atoms with Gasteiger partial charge >= 0.3 is 0 Å². The number of halogens is 2. The first-order valence-corrected chi connectivity index (χ1v) is 7.35. The first-order valence-electron chi connectivity index (χ1n) is 6.59. The summed E-state index contributed by atoms with van der Waals surface area (Å²) in [4.78, 5) is 48.2. The Labute approximate surface area is 145 Å². The number of fused-ring (bicyclic) bond motifs is 2. The molecule has 0 spiro atoms. The lowest BCUT2D eigenvalue weighted by Crippen LogP contribution is -2.25. The average molecular weight is 363 g/mol. The summed E-state index contributed by atoms with van der Waals surface area (Å²) in [5.74, 6) is -1.17. The summed E-state index contributed by atoms with van der Waals surface area (Å²) < 4.78 is 0. The van der Waals surface area contributed by atoms with E-state index in [2.05, 4.69) is 0 Å². The van der Waals surface area contributed by atoms with E-state index in [1.165, 1.54) is 24.3 Å². The summed E-state index contributed by atoms with van der Waals surface area (Å²) in [6, 6.07) is 5.07. The van der Waals surface area contributed by atoms with Gasteiger partial charge in [0.25, 0.3) is 10.5 Å². The molecule has 0 fully saturated rings. The van der Waals surface area contributed by atoms with Crippen molar-refractivity contribution in [1.82, 2.24) is 0 Å². The number of rotatable bonds is 2. The molecule has 0 saturated carbocycles. The van der Waals surface area contributed by atoms with Gasteiger partial charge in [-0.1, -0.05) is 0 Å². The molecule has 0 radical (unpaired) electrons. The number of nitrogen functional groups attached to an aromatic ring is 2. The Morgan fingerprint density at radius 1 is 0.708 bits per heavy atom. The first kappa shape index (κ1) is 16.2. The molecule has 0 aliphatic heterocycles. The molecule has 6 nitrogen and oxygen atoms in total. The molecule has 24 heavy (non-hydrogen) atoms. The summed E-state index contributed by atoms with van der Waals surface area (Å²) in [5.41, 5.74) is 11.0. The van der Waals surface area contributed by atoms with Gasteiger partial charge in [-0.2, -0.15) is 0 Å². The van der Waals surface area contributed by atoms with Crippen molar-refractivity contribution < 1.29 is 19.2 Å². The van der Waals surface area contributed by atoms with Gasteiger partial charge in [0.1, 0.15) is 0 Å². The Morgan fingerprint density at radius 2 is 1.04 bits per heavy atom. The van der Waals surface area contributed by atoms with Gasteiger partial charge in [-0.25, -0.2) is 0 Å². The van der Waals surface area contributed by atoms with Gasteiger partial charge in [0.05, 0.1) is 33.6 Å². The highest BCUT2D eigenvalue weighted by Gasteiger charge is 2.35. The van der Waals surface area contributed by atoms with Crippen molar-refractivity contribution in [2.24, 2.45) is 0 Å². The molecular weight excluding hydrogens is 355 g/mol. The molecule has 3 rings (SSSR count). The van der Waals surface area contributed by atoms with Gasteiger partial charge < -0.3 is 11.5 Å². The van der Waals surface area contributed by atoms with E-state index >= 15 is 0 Å². The number of hydrogen-bond donors (Lipinski definition) is 2. The first-order chi connectivity index (χ1) is 11.3. The lowest BCUT2D eigenvalue weighted by molar-refractivity contribution is 0.0979. The number of anilines is 2. The van der Waals surface area contributed by atoms with Gasteiger partial charge in [-0.15, -0.1) is 0 Å². The monoisotopic (exact) mass is 362 g/mol. The van der Waals surface area contributed by atoms with E-state index < -0.39 is 22.1 Å². The van der Waals surface area contributed by atoms with E-state index in [4.69, 9.17) is 34.7 Å². The quantitative estimate of drug-likeness (QED) is 0.533. The summed E-state index contributed by atoms with van der Waals surface area (Å²) >= 11 is 10.9. The Kier molecular flexibility index (Phi) is 3.66. The Balaban J connectivity index is 2.34. The van der Waals surface area contributed by atoms with Crippen molar-refractivity contribution in [3.05, 3.63) is 57.6 Å². The molecule has 0 amide bonds. The van der Waals surface area contributed by atoms with Crippen molar-refractivity contribution in [1.29, 1.82) is 0 Å². The number of carbonyl (C=O) groups is 4. The van der Waals surface area contributed by atoms with Crippen LogP contribution < -0.4 is 11.5 Å². The molecule has 2 aromatic carbocycles. The zero-order chi connectivity index (χ0) is 17.8. The van der Waals surface area contributed by atoms with Crippen LogP contribution in [0.5, 0.6) is 0 Å². The topological polar surface area (TPSA) is 120 Å². The number of ketones is 2. The SMILES string of the molecule is Nc1c(C(=O)Cl)ccc2c1C(=O)c1ccc(C(=O)Cl)c(N)c1C2=O. The summed E-state index contributed by atoms with van der Waals surface area (Å²) in [7, 11) is 0. The van der Waals surface area contributed by atoms with E-state index in [9.17, 15) is 19.2 Å². The van der Waals surface area contributed by atoms with Crippen LogP contribution in [-0.4, -0.2) is 22.1 Å². The van der Waals surface area contributed by atoms with Gasteiger partial charge in [0, 0.05) is 11.1 Å². The third-order valence-electron chi connectivity index (χ3n) is 3.86. The lowest BCUT2D eigenvalue weighted by atomic mass is 9.81. The molecule has 4 N–H and O–H groups in total. The maximum absolute atomic E-state index is 12.7. The van der Waals surface area contributed by atoms with Crippen LogP contribution in [0.4, 0.5) is 11.4 Å². The lowest BCUT2D eigenvalue weighted by Gasteiger charge is -2.21. The predicted octanol–water partition coefficient (Wildman–Crippen LogP) is 2.38. The normalized spacial score (nSPS) is 12.6. The van der Waals surface area contributed by atoms with E-state index in [0.717, 1.165) is 0 Å². The fraction of sp³-hybridized carbons (Fsp3) is 0. The number of benzene rings is 2. The minimum Gasteiger partial charge on any atom is -0.397 e.